The average Bonchev–Trinajstić information content (AvgIpc) is 2.53. The molecule has 0 aromatic heterocycles. The number of carbonyl (C=O) groups is 1. The van der Waals surface area contributed by atoms with Crippen LogP contribution < -0.4 is 10.1 Å². The second-order valence-electron chi connectivity index (χ2n) is 4.59. The smallest absolute Gasteiger partial charge is 0.411 e. The molecule has 2 rings (SSSR count). The molecule has 4 nitrogen and oxygen atoms in total. The normalized spacial score (nSPS) is 10.1. The molecule has 1 amide bonds. The molecule has 5 heteroatoms. The van der Waals surface area contributed by atoms with Gasteiger partial charge < -0.3 is 9.47 Å². The van der Waals surface area contributed by atoms with Crippen molar-refractivity contribution in [3.63, 3.8) is 0 Å². The van der Waals surface area contributed by atoms with Crippen molar-refractivity contribution in [3.05, 3.63) is 59.1 Å². The third kappa shape index (κ3) is 4.97. The second-order valence-corrected chi connectivity index (χ2v) is 5.00. The molecule has 0 spiro atoms. The zero-order valence-electron chi connectivity index (χ0n) is 12.3. The molecule has 0 heterocycles. The lowest BCUT2D eigenvalue weighted by Gasteiger charge is -2.10. The lowest BCUT2D eigenvalue weighted by molar-refractivity contribution is 0.138. The van der Waals surface area contributed by atoms with Crippen LogP contribution >= 0.6 is 11.6 Å². The number of ether oxygens (including phenoxy) is 2. The fraction of sp³-hybridized carbons (Fsp3) is 0.235. The number of aryl methyl sites for hydroxylation is 1. The fourth-order valence-electron chi connectivity index (χ4n) is 1.87. The van der Waals surface area contributed by atoms with Crippen LogP contribution in [0.25, 0.3) is 0 Å². The molecule has 0 atom stereocenters. The number of anilines is 1. The summed E-state index contributed by atoms with van der Waals surface area (Å²) in [6.45, 7) is 2.44. The van der Waals surface area contributed by atoms with E-state index >= 15 is 0 Å². The van der Waals surface area contributed by atoms with Crippen molar-refractivity contribution in [3.8, 4) is 5.75 Å². The number of benzene rings is 2. The summed E-state index contributed by atoms with van der Waals surface area (Å²) in [6, 6.07) is 14.8. The van der Waals surface area contributed by atoms with Gasteiger partial charge in [-0.05, 0) is 36.2 Å². The molecule has 1 N–H and O–H groups in total. The van der Waals surface area contributed by atoms with E-state index in [0.717, 1.165) is 17.7 Å². The first-order valence-corrected chi connectivity index (χ1v) is 7.47. The summed E-state index contributed by atoms with van der Waals surface area (Å²) in [5.41, 5.74) is 1.87. The standard InChI is InChI=1S/C17H18ClNO3/c1-2-13-6-5-7-14(12-13)19-17(20)22-11-10-21-16-9-4-3-8-15(16)18/h3-9,12H,2,10-11H2,1H3,(H,19,20). The molecule has 2 aromatic rings. The maximum absolute atomic E-state index is 11.7. The first-order chi connectivity index (χ1) is 10.7. The van der Waals surface area contributed by atoms with Gasteiger partial charge in [-0.3, -0.25) is 5.32 Å². The summed E-state index contributed by atoms with van der Waals surface area (Å²) in [4.78, 5) is 11.7. The van der Waals surface area contributed by atoms with Gasteiger partial charge in [-0.2, -0.15) is 0 Å². The van der Waals surface area contributed by atoms with Crippen LogP contribution in [-0.2, 0) is 11.2 Å². The van der Waals surface area contributed by atoms with Crippen LogP contribution in [0, 0.1) is 0 Å². The predicted octanol–water partition coefficient (Wildman–Crippen LogP) is 4.53. The molecular weight excluding hydrogens is 302 g/mol. The molecule has 116 valence electrons. The average molecular weight is 320 g/mol. The highest BCUT2D eigenvalue weighted by atomic mass is 35.5. The molecule has 0 saturated carbocycles. The highest BCUT2D eigenvalue weighted by Gasteiger charge is 2.04. The van der Waals surface area contributed by atoms with Crippen LogP contribution in [0.2, 0.25) is 5.02 Å². The number of rotatable bonds is 6. The summed E-state index contributed by atoms with van der Waals surface area (Å²) >= 11 is 5.96. The number of hydrogen-bond acceptors (Lipinski definition) is 3. The topological polar surface area (TPSA) is 47.6 Å². The Hall–Kier alpha value is -2.20. The van der Waals surface area contributed by atoms with Gasteiger partial charge in [-0.25, -0.2) is 4.79 Å². The van der Waals surface area contributed by atoms with E-state index < -0.39 is 6.09 Å². The lowest BCUT2D eigenvalue weighted by Crippen LogP contribution is -2.17. The Morgan fingerprint density at radius 3 is 2.73 bits per heavy atom. The van der Waals surface area contributed by atoms with Crippen molar-refractivity contribution in [1.29, 1.82) is 0 Å². The quantitative estimate of drug-likeness (QED) is 0.796. The Balaban J connectivity index is 1.73. The van der Waals surface area contributed by atoms with Crippen LogP contribution in [0.4, 0.5) is 10.5 Å². The van der Waals surface area contributed by atoms with Gasteiger partial charge >= 0.3 is 6.09 Å². The number of amides is 1. The summed E-state index contributed by atoms with van der Waals surface area (Å²) < 4.78 is 10.5. The summed E-state index contributed by atoms with van der Waals surface area (Å²) in [7, 11) is 0. The summed E-state index contributed by atoms with van der Waals surface area (Å²) in [5, 5.41) is 3.21. The molecule has 0 radical (unpaired) electrons. The Morgan fingerprint density at radius 2 is 1.95 bits per heavy atom. The monoisotopic (exact) mass is 319 g/mol. The van der Waals surface area contributed by atoms with E-state index in [1.165, 1.54) is 0 Å². The minimum atomic E-state index is -0.504. The van der Waals surface area contributed by atoms with Gasteiger partial charge in [0.25, 0.3) is 0 Å². The molecule has 0 saturated heterocycles. The first-order valence-electron chi connectivity index (χ1n) is 7.09. The zero-order valence-corrected chi connectivity index (χ0v) is 13.1. The van der Waals surface area contributed by atoms with E-state index in [4.69, 9.17) is 21.1 Å². The second kappa shape index (κ2) is 8.29. The predicted molar refractivity (Wildman–Crippen MR) is 87.7 cm³/mol. The van der Waals surface area contributed by atoms with Crippen LogP contribution in [0.5, 0.6) is 5.75 Å². The van der Waals surface area contributed by atoms with Crippen LogP contribution in [-0.4, -0.2) is 19.3 Å². The fourth-order valence-corrected chi connectivity index (χ4v) is 2.06. The molecule has 22 heavy (non-hydrogen) atoms. The first kappa shape index (κ1) is 16.2. The van der Waals surface area contributed by atoms with Gasteiger partial charge in [-0.1, -0.05) is 42.8 Å². The highest BCUT2D eigenvalue weighted by molar-refractivity contribution is 6.32. The van der Waals surface area contributed by atoms with Crippen molar-refractivity contribution < 1.29 is 14.3 Å². The van der Waals surface area contributed by atoms with E-state index in [2.05, 4.69) is 12.2 Å². The molecule has 0 fully saturated rings. The number of carbonyl (C=O) groups excluding carboxylic acids is 1. The van der Waals surface area contributed by atoms with E-state index in [1.54, 1.807) is 12.1 Å². The Kier molecular flexibility index (Phi) is 6.10. The maximum atomic E-state index is 11.7. The van der Waals surface area contributed by atoms with Crippen molar-refractivity contribution >= 4 is 23.4 Å². The molecule has 0 aliphatic carbocycles. The van der Waals surface area contributed by atoms with Gasteiger partial charge in [0.2, 0.25) is 0 Å². The summed E-state index contributed by atoms with van der Waals surface area (Å²) in [6.07, 6.45) is 0.409. The number of halogens is 1. The molecule has 0 unspecified atom stereocenters. The lowest BCUT2D eigenvalue weighted by atomic mass is 10.1. The molecular formula is C17H18ClNO3. The van der Waals surface area contributed by atoms with E-state index in [1.807, 2.05) is 36.4 Å². The largest absolute Gasteiger partial charge is 0.488 e. The number of para-hydroxylation sites is 1. The Labute approximate surface area is 135 Å². The molecule has 0 aliphatic heterocycles. The number of hydrogen-bond donors (Lipinski definition) is 1. The minimum absolute atomic E-state index is 0.143. The van der Waals surface area contributed by atoms with Gasteiger partial charge in [0.15, 0.2) is 0 Å². The Morgan fingerprint density at radius 1 is 1.14 bits per heavy atom. The summed E-state index contributed by atoms with van der Waals surface area (Å²) in [5.74, 6) is 0.573. The zero-order chi connectivity index (χ0) is 15.8. The molecule has 2 aromatic carbocycles. The minimum Gasteiger partial charge on any atom is -0.488 e. The Bertz CT molecular complexity index is 631. The molecule has 0 aliphatic rings. The van der Waals surface area contributed by atoms with Crippen LogP contribution in [0.15, 0.2) is 48.5 Å². The highest BCUT2D eigenvalue weighted by Crippen LogP contribution is 2.22. The van der Waals surface area contributed by atoms with Gasteiger partial charge in [0, 0.05) is 5.69 Å². The van der Waals surface area contributed by atoms with Crippen molar-refractivity contribution in [1.82, 2.24) is 0 Å². The van der Waals surface area contributed by atoms with E-state index in [0.29, 0.717) is 10.8 Å². The van der Waals surface area contributed by atoms with Crippen LogP contribution in [0.1, 0.15) is 12.5 Å². The third-order valence-corrected chi connectivity index (χ3v) is 3.30. The van der Waals surface area contributed by atoms with Crippen molar-refractivity contribution in [2.75, 3.05) is 18.5 Å². The molecule has 0 bridgehead atoms. The van der Waals surface area contributed by atoms with Crippen molar-refractivity contribution in [2.45, 2.75) is 13.3 Å². The maximum Gasteiger partial charge on any atom is 0.411 e. The van der Waals surface area contributed by atoms with Gasteiger partial charge in [-0.15, -0.1) is 0 Å². The van der Waals surface area contributed by atoms with Crippen molar-refractivity contribution in [2.24, 2.45) is 0 Å². The van der Waals surface area contributed by atoms with Crippen LogP contribution in [0.3, 0.4) is 0 Å². The third-order valence-electron chi connectivity index (χ3n) is 2.99. The van der Waals surface area contributed by atoms with Gasteiger partial charge in [0.05, 0.1) is 5.02 Å². The SMILES string of the molecule is CCc1cccc(NC(=O)OCCOc2ccccc2Cl)c1. The number of nitrogens with one attached hydrogen (secondary N) is 1. The van der Waals surface area contributed by atoms with E-state index in [9.17, 15) is 4.79 Å². The van der Waals surface area contributed by atoms with E-state index in [-0.39, 0.29) is 13.2 Å². The van der Waals surface area contributed by atoms with Gasteiger partial charge in [0.1, 0.15) is 19.0 Å².